The maximum Gasteiger partial charge on any atom is 0.133 e. The van der Waals surface area contributed by atoms with Crippen molar-refractivity contribution in [2.24, 2.45) is 0 Å². The van der Waals surface area contributed by atoms with Gasteiger partial charge >= 0.3 is 0 Å². The van der Waals surface area contributed by atoms with Crippen molar-refractivity contribution in [3.05, 3.63) is 43.2 Å². The molecule has 1 atom stereocenters. The van der Waals surface area contributed by atoms with Gasteiger partial charge in [-0.2, -0.15) is 0 Å². The SMILES string of the molecule is C=COCC(CCCCCCCCC)Oc1ccccc1. The zero-order chi connectivity index (χ0) is 15.2. The Morgan fingerprint density at radius 2 is 1.67 bits per heavy atom. The van der Waals surface area contributed by atoms with Gasteiger partial charge in [-0.25, -0.2) is 0 Å². The maximum atomic E-state index is 5.99. The third-order valence-corrected chi connectivity index (χ3v) is 3.58. The Labute approximate surface area is 130 Å². The standard InChI is InChI=1S/C19H30O2/c1-3-5-6-7-8-9-11-16-19(17-20-4-2)21-18-14-12-10-13-15-18/h4,10,12-15,19H,2-3,5-9,11,16-17H2,1H3. The van der Waals surface area contributed by atoms with Gasteiger partial charge in [-0.05, 0) is 25.0 Å². The highest BCUT2D eigenvalue weighted by Gasteiger charge is 2.10. The van der Waals surface area contributed by atoms with Crippen molar-refractivity contribution in [2.75, 3.05) is 6.61 Å². The Morgan fingerprint density at radius 3 is 2.33 bits per heavy atom. The molecular weight excluding hydrogens is 260 g/mol. The number of unbranched alkanes of at least 4 members (excludes halogenated alkanes) is 6. The van der Waals surface area contributed by atoms with Crippen LogP contribution in [0.4, 0.5) is 0 Å². The van der Waals surface area contributed by atoms with Crippen molar-refractivity contribution in [2.45, 2.75) is 64.4 Å². The largest absolute Gasteiger partial charge is 0.498 e. The molecule has 0 aromatic heterocycles. The number of rotatable bonds is 13. The number of ether oxygens (including phenoxy) is 2. The molecule has 0 aliphatic carbocycles. The molecule has 0 saturated heterocycles. The lowest BCUT2D eigenvalue weighted by Gasteiger charge is -2.18. The molecule has 1 rings (SSSR count). The van der Waals surface area contributed by atoms with E-state index in [0.717, 1.165) is 12.2 Å². The Morgan fingerprint density at radius 1 is 1.00 bits per heavy atom. The summed E-state index contributed by atoms with van der Waals surface area (Å²) in [5.41, 5.74) is 0. The molecule has 0 aliphatic heterocycles. The fourth-order valence-corrected chi connectivity index (χ4v) is 2.37. The number of hydrogen-bond donors (Lipinski definition) is 0. The molecule has 1 aromatic carbocycles. The molecule has 1 unspecified atom stereocenters. The normalized spacial score (nSPS) is 11.9. The predicted molar refractivity (Wildman–Crippen MR) is 89.6 cm³/mol. The Balaban J connectivity index is 2.21. The van der Waals surface area contributed by atoms with Crippen LogP contribution in [-0.4, -0.2) is 12.7 Å². The third-order valence-electron chi connectivity index (χ3n) is 3.58. The van der Waals surface area contributed by atoms with Crippen LogP contribution in [0.2, 0.25) is 0 Å². The summed E-state index contributed by atoms with van der Waals surface area (Å²) in [6.07, 6.45) is 11.9. The van der Waals surface area contributed by atoms with Crippen LogP contribution in [-0.2, 0) is 4.74 Å². The van der Waals surface area contributed by atoms with Crippen LogP contribution < -0.4 is 4.74 Å². The number of para-hydroxylation sites is 1. The van der Waals surface area contributed by atoms with Crippen molar-refractivity contribution in [1.82, 2.24) is 0 Å². The van der Waals surface area contributed by atoms with Crippen molar-refractivity contribution in [3.8, 4) is 5.75 Å². The second-order valence-electron chi connectivity index (χ2n) is 5.46. The molecule has 2 heteroatoms. The number of hydrogen-bond acceptors (Lipinski definition) is 2. The lowest BCUT2D eigenvalue weighted by atomic mass is 10.1. The van der Waals surface area contributed by atoms with E-state index < -0.39 is 0 Å². The third kappa shape index (κ3) is 9.17. The second kappa shape index (κ2) is 12.3. The molecule has 118 valence electrons. The summed E-state index contributed by atoms with van der Waals surface area (Å²) in [7, 11) is 0. The van der Waals surface area contributed by atoms with E-state index in [-0.39, 0.29) is 6.10 Å². The average molecular weight is 290 g/mol. The lowest BCUT2D eigenvalue weighted by molar-refractivity contribution is 0.0947. The smallest absolute Gasteiger partial charge is 0.133 e. The molecule has 0 N–H and O–H groups in total. The Hall–Kier alpha value is -1.44. The van der Waals surface area contributed by atoms with Crippen molar-refractivity contribution < 1.29 is 9.47 Å². The van der Waals surface area contributed by atoms with Crippen LogP contribution in [0.3, 0.4) is 0 Å². The zero-order valence-electron chi connectivity index (χ0n) is 13.4. The summed E-state index contributed by atoms with van der Waals surface area (Å²) >= 11 is 0. The van der Waals surface area contributed by atoms with E-state index in [1.807, 2.05) is 30.3 Å². The van der Waals surface area contributed by atoms with Gasteiger partial charge in [0.2, 0.25) is 0 Å². The Kier molecular flexibility index (Phi) is 10.3. The molecular formula is C19H30O2. The van der Waals surface area contributed by atoms with Gasteiger partial charge in [0.25, 0.3) is 0 Å². The van der Waals surface area contributed by atoms with E-state index >= 15 is 0 Å². The summed E-state index contributed by atoms with van der Waals surface area (Å²) in [5.74, 6) is 0.915. The molecule has 0 spiro atoms. The van der Waals surface area contributed by atoms with Gasteiger partial charge in [0, 0.05) is 0 Å². The highest BCUT2D eigenvalue weighted by molar-refractivity contribution is 5.21. The van der Waals surface area contributed by atoms with E-state index in [9.17, 15) is 0 Å². The van der Waals surface area contributed by atoms with Crippen LogP contribution in [0.1, 0.15) is 58.3 Å². The summed E-state index contributed by atoms with van der Waals surface area (Å²) in [4.78, 5) is 0. The maximum absolute atomic E-state index is 5.99. The van der Waals surface area contributed by atoms with Crippen molar-refractivity contribution in [3.63, 3.8) is 0 Å². The summed E-state index contributed by atoms with van der Waals surface area (Å²) in [6, 6.07) is 9.97. The summed E-state index contributed by atoms with van der Waals surface area (Å²) in [6.45, 7) is 6.43. The molecule has 21 heavy (non-hydrogen) atoms. The highest BCUT2D eigenvalue weighted by atomic mass is 16.5. The monoisotopic (exact) mass is 290 g/mol. The molecule has 0 aliphatic rings. The van der Waals surface area contributed by atoms with Gasteiger partial charge in [-0.3, -0.25) is 0 Å². The molecule has 0 fully saturated rings. The zero-order valence-corrected chi connectivity index (χ0v) is 13.4. The second-order valence-corrected chi connectivity index (χ2v) is 5.46. The number of benzene rings is 1. The topological polar surface area (TPSA) is 18.5 Å². The highest BCUT2D eigenvalue weighted by Crippen LogP contribution is 2.16. The summed E-state index contributed by atoms with van der Waals surface area (Å²) in [5, 5.41) is 0. The van der Waals surface area contributed by atoms with E-state index in [1.165, 1.54) is 51.2 Å². The first kappa shape index (κ1) is 17.6. The van der Waals surface area contributed by atoms with Crippen molar-refractivity contribution in [1.29, 1.82) is 0 Å². The first-order valence-corrected chi connectivity index (χ1v) is 8.31. The average Bonchev–Trinajstić information content (AvgIpc) is 2.52. The van der Waals surface area contributed by atoms with Crippen LogP contribution in [0.25, 0.3) is 0 Å². The minimum absolute atomic E-state index is 0.112. The van der Waals surface area contributed by atoms with Gasteiger partial charge in [-0.1, -0.05) is 70.2 Å². The molecule has 1 aromatic rings. The molecule has 0 bridgehead atoms. The van der Waals surface area contributed by atoms with Crippen LogP contribution >= 0.6 is 0 Å². The van der Waals surface area contributed by atoms with Gasteiger partial charge in [0.05, 0.1) is 6.26 Å². The van der Waals surface area contributed by atoms with Crippen LogP contribution in [0.15, 0.2) is 43.2 Å². The quantitative estimate of drug-likeness (QED) is 0.341. The van der Waals surface area contributed by atoms with Gasteiger partial charge in [0.15, 0.2) is 0 Å². The van der Waals surface area contributed by atoms with E-state index in [2.05, 4.69) is 13.5 Å². The summed E-state index contributed by atoms with van der Waals surface area (Å²) < 4.78 is 11.3. The Bertz CT molecular complexity index is 348. The van der Waals surface area contributed by atoms with Crippen molar-refractivity contribution >= 4 is 0 Å². The van der Waals surface area contributed by atoms with Gasteiger partial charge in [-0.15, -0.1) is 0 Å². The van der Waals surface area contributed by atoms with Gasteiger partial charge in [0.1, 0.15) is 18.5 Å². The van der Waals surface area contributed by atoms with Gasteiger partial charge < -0.3 is 9.47 Å². The fourth-order valence-electron chi connectivity index (χ4n) is 2.37. The molecule has 0 heterocycles. The fraction of sp³-hybridized carbons (Fsp3) is 0.579. The first-order chi connectivity index (χ1) is 10.4. The molecule has 0 amide bonds. The van der Waals surface area contributed by atoms with E-state index in [4.69, 9.17) is 9.47 Å². The molecule has 0 saturated carbocycles. The molecule has 0 radical (unpaired) electrons. The van der Waals surface area contributed by atoms with Crippen LogP contribution in [0, 0.1) is 0 Å². The predicted octanol–water partition coefficient (Wildman–Crippen LogP) is 5.73. The van der Waals surface area contributed by atoms with Crippen LogP contribution in [0.5, 0.6) is 5.75 Å². The van der Waals surface area contributed by atoms with E-state index in [0.29, 0.717) is 6.61 Å². The lowest BCUT2D eigenvalue weighted by Crippen LogP contribution is -2.22. The first-order valence-electron chi connectivity index (χ1n) is 8.31. The minimum atomic E-state index is 0.112. The van der Waals surface area contributed by atoms with E-state index in [1.54, 1.807) is 0 Å². The minimum Gasteiger partial charge on any atom is -0.498 e. The molecule has 2 nitrogen and oxygen atoms in total.